The van der Waals surface area contributed by atoms with Crippen LogP contribution in [0.25, 0.3) is 10.9 Å². The third-order valence-corrected chi connectivity index (χ3v) is 6.88. The Morgan fingerprint density at radius 2 is 1.71 bits per heavy atom. The molecule has 3 saturated carbocycles. The molecule has 0 saturated heterocycles. The molecule has 3 aliphatic carbocycles. The summed E-state index contributed by atoms with van der Waals surface area (Å²) in [5.41, 5.74) is 11.5. The lowest BCUT2D eigenvalue weighted by molar-refractivity contribution is -0.0317. The lowest BCUT2D eigenvalue weighted by atomic mass is 9.44. The van der Waals surface area contributed by atoms with E-state index in [0.717, 1.165) is 52.9 Å². The van der Waals surface area contributed by atoms with Gasteiger partial charge in [0.2, 0.25) is 0 Å². The summed E-state index contributed by atoms with van der Waals surface area (Å²) in [6.07, 6.45) is 4.72. The number of carbonyl (C=O) groups excluding carboxylic acids is 1. The van der Waals surface area contributed by atoms with Crippen LogP contribution in [-0.4, -0.2) is 22.0 Å². The van der Waals surface area contributed by atoms with Gasteiger partial charge in [0.1, 0.15) is 0 Å². The summed E-state index contributed by atoms with van der Waals surface area (Å²) in [6, 6.07) is 24.5. The van der Waals surface area contributed by atoms with Crippen LogP contribution in [0, 0.1) is 11.3 Å². The molecule has 4 aromatic rings. The van der Waals surface area contributed by atoms with E-state index in [1.807, 2.05) is 54.6 Å². The molecule has 0 atom stereocenters. The largest absolute Gasteiger partial charge is 0.379 e. The average Bonchev–Trinajstić information content (AvgIpc) is 2.83. The van der Waals surface area contributed by atoms with Gasteiger partial charge in [0.15, 0.2) is 0 Å². The van der Waals surface area contributed by atoms with Crippen LogP contribution in [0.5, 0.6) is 0 Å². The number of amides is 1. The van der Waals surface area contributed by atoms with Crippen LogP contribution in [0.2, 0.25) is 0 Å². The second-order valence-corrected chi connectivity index (χ2v) is 9.74. The van der Waals surface area contributed by atoms with Crippen LogP contribution in [0.15, 0.2) is 79.0 Å². The third kappa shape index (κ3) is 3.94. The number of carbonyl (C=O) groups is 1. The zero-order valence-corrected chi connectivity index (χ0v) is 19.0. The van der Waals surface area contributed by atoms with E-state index in [4.69, 9.17) is 5.73 Å². The lowest BCUT2D eigenvalue weighted by Gasteiger charge is -2.69. The minimum atomic E-state index is -0.191. The zero-order chi connectivity index (χ0) is 24.0. The maximum absolute atomic E-state index is 13.0. The summed E-state index contributed by atoms with van der Waals surface area (Å²) >= 11 is 0. The first-order valence-corrected chi connectivity index (χ1v) is 11.6. The molecule has 5 N–H and O–H groups in total. The molecule has 3 fully saturated rings. The smallest absolute Gasteiger partial charge is 0.255 e. The van der Waals surface area contributed by atoms with E-state index in [-0.39, 0.29) is 17.0 Å². The van der Waals surface area contributed by atoms with Crippen molar-refractivity contribution in [3.63, 3.8) is 0 Å². The molecule has 7 nitrogen and oxygen atoms in total. The van der Waals surface area contributed by atoms with Gasteiger partial charge >= 0.3 is 0 Å². The molecule has 2 bridgehead atoms. The molecule has 0 spiro atoms. The number of anilines is 4. The Hall–Kier alpha value is -4.41. The molecule has 7 rings (SSSR count). The van der Waals surface area contributed by atoms with Crippen molar-refractivity contribution in [2.24, 2.45) is 5.73 Å². The lowest BCUT2D eigenvalue weighted by Crippen LogP contribution is -2.79. The maximum Gasteiger partial charge on any atom is 0.255 e. The number of nitriles is 1. The van der Waals surface area contributed by atoms with E-state index in [2.05, 4.69) is 27.0 Å². The van der Waals surface area contributed by atoms with Crippen molar-refractivity contribution in [1.29, 1.82) is 5.26 Å². The Morgan fingerprint density at radius 1 is 0.943 bits per heavy atom. The molecule has 1 amide bonds. The Bertz CT molecular complexity index is 1500. The van der Waals surface area contributed by atoms with Gasteiger partial charge in [-0.05, 0) is 79.9 Å². The van der Waals surface area contributed by atoms with Gasteiger partial charge in [-0.25, -0.2) is 0 Å². The molecule has 1 heterocycles. The first-order valence-electron chi connectivity index (χ1n) is 11.6. The van der Waals surface area contributed by atoms with Crippen molar-refractivity contribution < 1.29 is 4.79 Å². The Balaban J connectivity index is 1.18. The van der Waals surface area contributed by atoms with Gasteiger partial charge in [-0.1, -0.05) is 12.1 Å². The summed E-state index contributed by atoms with van der Waals surface area (Å²) in [5.74, 6) is -0.191. The van der Waals surface area contributed by atoms with Gasteiger partial charge in [0.25, 0.3) is 5.91 Å². The van der Waals surface area contributed by atoms with Gasteiger partial charge in [0, 0.05) is 51.0 Å². The number of benzene rings is 3. The van der Waals surface area contributed by atoms with Crippen LogP contribution in [0.1, 0.15) is 35.2 Å². The summed E-state index contributed by atoms with van der Waals surface area (Å²) in [4.78, 5) is 17.4. The predicted molar refractivity (Wildman–Crippen MR) is 138 cm³/mol. The van der Waals surface area contributed by atoms with Gasteiger partial charge in [-0.2, -0.15) is 5.26 Å². The van der Waals surface area contributed by atoms with Crippen LogP contribution < -0.4 is 21.7 Å². The molecule has 35 heavy (non-hydrogen) atoms. The fourth-order valence-electron chi connectivity index (χ4n) is 5.40. The minimum absolute atomic E-state index is 0.0401. The zero-order valence-electron chi connectivity index (χ0n) is 19.0. The van der Waals surface area contributed by atoms with Crippen molar-refractivity contribution in [2.45, 2.75) is 30.3 Å². The highest BCUT2D eigenvalue weighted by Gasteiger charge is 2.66. The Morgan fingerprint density at radius 3 is 2.51 bits per heavy atom. The maximum atomic E-state index is 13.0. The van der Waals surface area contributed by atoms with Gasteiger partial charge in [-0.3, -0.25) is 9.78 Å². The van der Waals surface area contributed by atoms with E-state index in [0.29, 0.717) is 11.1 Å². The molecule has 0 aliphatic heterocycles. The second-order valence-electron chi connectivity index (χ2n) is 9.74. The molecular formula is C28H24N6O. The van der Waals surface area contributed by atoms with E-state index >= 15 is 0 Å². The quantitative estimate of drug-likeness (QED) is 0.316. The molecule has 7 heteroatoms. The number of nitrogens with one attached hydrogen (secondary N) is 3. The number of nitrogens with two attached hydrogens (primary N) is 1. The first-order chi connectivity index (χ1) is 16.9. The van der Waals surface area contributed by atoms with E-state index in [1.54, 1.807) is 24.4 Å². The predicted octanol–water partition coefficient (Wildman–Crippen LogP) is 5.15. The van der Waals surface area contributed by atoms with E-state index in [9.17, 15) is 10.1 Å². The number of fused-ring (bicyclic) bond motifs is 1. The number of hydrogen-bond donors (Lipinski definition) is 4. The van der Waals surface area contributed by atoms with Crippen molar-refractivity contribution >= 4 is 39.6 Å². The highest BCUT2D eigenvalue weighted by atomic mass is 16.1. The average molecular weight is 461 g/mol. The molecule has 0 unspecified atom stereocenters. The number of pyridine rings is 1. The molecular weight excluding hydrogens is 436 g/mol. The van der Waals surface area contributed by atoms with Crippen molar-refractivity contribution in [2.75, 3.05) is 16.0 Å². The molecule has 172 valence electrons. The van der Waals surface area contributed by atoms with Crippen LogP contribution in [-0.2, 0) is 0 Å². The third-order valence-electron chi connectivity index (χ3n) is 6.88. The second kappa shape index (κ2) is 7.83. The molecule has 3 aliphatic rings. The molecule has 3 aromatic carbocycles. The van der Waals surface area contributed by atoms with Crippen molar-refractivity contribution in [1.82, 2.24) is 4.98 Å². The number of rotatable bonds is 6. The number of hydrogen-bond acceptors (Lipinski definition) is 6. The fraction of sp³-hybridized carbons (Fsp3) is 0.179. The summed E-state index contributed by atoms with van der Waals surface area (Å²) < 4.78 is 0. The van der Waals surface area contributed by atoms with Gasteiger partial charge < -0.3 is 21.7 Å². The minimum Gasteiger partial charge on any atom is -0.379 e. The fourth-order valence-corrected chi connectivity index (χ4v) is 5.40. The van der Waals surface area contributed by atoms with Crippen molar-refractivity contribution in [3.05, 3.63) is 90.1 Å². The highest BCUT2D eigenvalue weighted by molar-refractivity contribution is 6.05. The molecule has 0 radical (unpaired) electrons. The summed E-state index contributed by atoms with van der Waals surface area (Å²) in [5, 5.41) is 20.0. The topological polar surface area (TPSA) is 116 Å². The van der Waals surface area contributed by atoms with Gasteiger partial charge in [0.05, 0.1) is 17.1 Å². The van der Waals surface area contributed by atoms with E-state index in [1.165, 1.54) is 0 Å². The summed E-state index contributed by atoms with van der Waals surface area (Å²) in [7, 11) is 0. The van der Waals surface area contributed by atoms with Crippen LogP contribution in [0.4, 0.5) is 22.7 Å². The first kappa shape index (κ1) is 21.1. The number of nitrogens with zero attached hydrogens (tertiary/aromatic N) is 2. The SMILES string of the molecule is N#Cc1ccc2nccc(Nc3cccc(C(=O)Nc4cccc(NC56CC(N)(C5)C6)c4)c3)c2c1. The molecule has 1 aromatic heterocycles. The van der Waals surface area contributed by atoms with E-state index < -0.39 is 0 Å². The standard InChI is InChI=1S/C28H24N6O/c29-14-18-7-8-24-23(11-18)25(9-10-31-24)32-20-4-1-3-19(12-20)26(35)33-21-5-2-6-22(13-21)34-28-15-27(30,16-28)17-28/h1-13,34H,15-17,30H2,(H,31,32)(H,33,35). The van der Waals surface area contributed by atoms with Crippen molar-refractivity contribution in [3.8, 4) is 6.07 Å². The van der Waals surface area contributed by atoms with Crippen LogP contribution in [0.3, 0.4) is 0 Å². The normalized spacial score (nSPS) is 21.8. The van der Waals surface area contributed by atoms with Gasteiger partial charge in [-0.15, -0.1) is 0 Å². The van der Waals surface area contributed by atoms with Crippen LogP contribution >= 0.6 is 0 Å². The number of aromatic nitrogens is 1. The Labute approximate surface area is 203 Å². The Kier molecular flexibility index (Phi) is 4.73. The highest BCUT2D eigenvalue weighted by Crippen LogP contribution is 2.60. The summed E-state index contributed by atoms with van der Waals surface area (Å²) in [6.45, 7) is 0. The monoisotopic (exact) mass is 460 g/mol.